The van der Waals surface area contributed by atoms with E-state index in [0.717, 1.165) is 5.56 Å². The number of rotatable bonds is 5. The largest absolute Gasteiger partial charge is 0.347 e. The second-order valence-electron chi connectivity index (χ2n) is 7.15. The zero-order chi connectivity index (χ0) is 18.8. The lowest BCUT2D eigenvalue weighted by Gasteiger charge is -2.19. The number of amides is 1. The van der Waals surface area contributed by atoms with E-state index >= 15 is 0 Å². The molecule has 1 amide bonds. The van der Waals surface area contributed by atoms with E-state index in [0.29, 0.717) is 12.2 Å². The summed E-state index contributed by atoms with van der Waals surface area (Å²) in [7, 11) is 1.65. The van der Waals surface area contributed by atoms with E-state index in [1.165, 1.54) is 10.2 Å². The summed E-state index contributed by atoms with van der Waals surface area (Å²) in [4.78, 5) is 12.5. The Balaban J connectivity index is 2.09. The Hall–Kier alpha value is -1.89. The van der Waals surface area contributed by atoms with Gasteiger partial charge in [-0.25, -0.2) is 0 Å². The van der Waals surface area contributed by atoms with Crippen LogP contribution in [0.2, 0.25) is 5.02 Å². The molecule has 1 aromatic carbocycles. The fraction of sp³-hybridized carbons (Fsp3) is 0.444. The van der Waals surface area contributed by atoms with Crippen LogP contribution in [0.1, 0.15) is 61.0 Å². The fourth-order valence-electron chi connectivity index (χ4n) is 2.49. The molecule has 7 heteroatoms. The van der Waals surface area contributed by atoms with Crippen molar-refractivity contribution in [2.24, 2.45) is 7.05 Å². The molecule has 0 saturated carbocycles. The molecule has 25 heavy (non-hydrogen) atoms. The summed E-state index contributed by atoms with van der Waals surface area (Å²) in [6.45, 7) is 8.58. The van der Waals surface area contributed by atoms with Crippen molar-refractivity contribution in [1.82, 2.24) is 20.6 Å². The molecule has 136 valence electrons. The molecule has 3 N–H and O–H groups in total. The monoisotopic (exact) mass is 364 g/mol. The number of carbonyl (C=O) groups excluding carboxylic acids is 1. The first-order valence-electron chi connectivity index (χ1n) is 8.14. The van der Waals surface area contributed by atoms with E-state index in [9.17, 15) is 4.79 Å². The van der Waals surface area contributed by atoms with E-state index in [4.69, 9.17) is 16.8 Å². The molecule has 0 fully saturated rings. The van der Waals surface area contributed by atoms with Gasteiger partial charge in [-0.05, 0) is 23.5 Å². The Kier molecular flexibility index (Phi) is 5.87. The van der Waals surface area contributed by atoms with Crippen LogP contribution in [0.25, 0.3) is 0 Å². The third-order valence-corrected chi connectivity index (χ3v) is 4.48. The summed E-state index contributed by atoms with van der Waals surface area (Å²) < 4.78 is 1.42. The second-order valence-corrected chi connectivity index (χ2v) is 7.53. The molecule has 1 unspecified atom stereocenters. The summed E-state index contributed by atoms with van der Waals surface area (Å²) in [6, 6.07) is 7.70. The van der Waals surface area contributed by atoms with Crippen LogP contribution in [0.5, 0.6) is 0 Å². The maximum Gasteiger partial charge on any atom is 0.271 e. The van der Waals surface area contributed by atoms with E-state index in [-0.39, 0.29) is 22.0 Å². The summed E-state index contributed by atoms with van der Waals surface area (Å²) >= 11 is 6.26. The highest BCUT2D eigenvalue weighted by atomic mass is 35.5. The van der Waals surface area contributed by atoms with E-state index in [2.05, 4.69) is 48.8 Å². The number of nitrogens with zero attached hydrogens (tertiary/aromatic N) is 2. The Labute approximate surface area is 153 Å². The molecular weight excluding hydrogens is 340 g/mol. The van der Waals surface area contributed by atoms with Crippen LogP contribution < -0.4 is 10.8 Å². The van der Waals surface area contributed by atoms with Crippen molar-refractivity contribution < 1.29 is 10.0 Å². The van der Waals surface area contributed by atoms with Gasteiger partial charge in [-0.2, -0.15) is 10.6 Å². The second kappa shape index (κ2) is 7.56. The minimum absolute atomic E-state index is 0.0951. The first-order valence-corrected chi connectivity index (χ1v) is 8.52. The van der Waals surface area contributed by atoms with Crippen molar-refractivity contribution in [3.8, 4) is 0 Å². The lowest BCUT2D eigenvalue weighted by molar-refractivity contribution is 0.0941. The number of hydrogen-bond donors (Lipinski definition) is 3. The van der Waals surface area contributed by atoms with Crippen molar-refractivity contribution in [2.75, 3.05) is 0 Å². The minimum Gasteiger partial charge on any atom is -0.347 e. The van der Waals surface area contributed by atoms with Gasteiger partial charge in [0.2, 0.25) is 0 Å². The van der Waals surface area contributed by atoms with Crippen molar-refractivity contribution in [3.05, 3.63) is 51.8 Å². The van der Waals surface area contributed by atoms with Gasteiger partial charge in [-0.1, -0.05) is 56.6 Å². The smallest absolute Gasteiger partial charge is 0.271 e. The number of benzene rings is 1. The molecule has 0 saturated heterocycles. The molecule has 0 aliphatic rings. The highest BCUT2D eigenvalue weighted by molar-refractivity contribution is 6.34. The normalized spacial score (nSPS) is 12.9. The minimum atomic E-state index is -0.467. The van der Waals surface area contributed by atoms with Crippen molar-refractivity contribution in [1.29, 1.82) is 0 Å². The lowest BCUT2D eigenvalue weighted by atomic mass is 9.87. The number of halogens is 1. The van der Waals surface area contributed by atoms with E-state index in [1.54, 1.807) is 14.0 Å². The third kappa shape index (κ3) is 4.39. The highest BCUT2D eigenvalue weighted by Gasteiger charge is 2.23. The number of hydrogen-bond acceptors (Lipinski definition) is 4. The predicted octanol–water partition coefficient (Wildman–Crippen LogP) is 3.34. The zero-order valence-corrected chi connectivity index (χ0v) is 16.0. The standard InChI is InChI=1S/C18H25ClN4O2/c1-11(22-25)15-14(19)16(23(5)21-15)17(24)20-10-12-6-8-13(9-7-12)18(2,3)4/h6-9,11,22,25H,10H2,1-5H3,(H,20,24). The molecule has 1 aromatic heterocycles. The van der Waals surface area contributed by atoms with Crippen molar-refractivity contribution >= 4 is 17.5 Å². The van der Waals surface area contributed by atoms with Crippen molar-refractivity contribution in [3.63, 3.8) is 0 Å². The Morgan fingerprint density at radius 3 is 2.44 bits per heavy atom. The Morgan fingerprint density at radius 1 is 1.32 bits per heavy atom. The SMILES string of the molecule is CC(NO)c1nn(C)c(C(=O)NCc2ccc(C(C)(C)C)cc2)c1Cl. The summed E-state index contributed by atoms with van der Waals surface area (Å²) in [5.41, 5.74) is 5.12. The first kappa shape index (κ1) is 19.4. The molecular formula is C18H25ClN4O2. The maximum absolute atomic E-state index is 12.5. The van der Waals surface area contributed by atoms with Crippen LogP contribution in [0.4, 0.5) is 0 Å². The first-order chi connectivity index (χ1) is 11.6. The number of aromatic nitrogens is 2. The Morgan fingerprint density at radius 2 is 1.92 bits per heavy atom. The van der Waals surface area contributed by atoms with Gasteiger partial charge in [0.05, 0.1) is 11.1 Å². The number of nitrogens with one attached hydrogen (secondary N) is 2. The van der Waals surface area contributed by atoms with Crippen LogP contribution in [-0.2, 0) is 19.0 Å². The van der Waals surface area contributed by atoms with Crippen LogP contribution in [0.15, 0.2) is 24.3 Å². The molecule has 0 spiro atoms. The van der Waals surface area contributed by atoms with Gasteiger partial charge in [0, 0.05) is 13.6 Å². The summed E-state index contributed by atoms with van der Waals surface area (Å²) in [5.74, 6) is -0.309. The van der Waals surface area contributed by atoms with Crippen LogP contribution >= 0.6 is 11.6 Å². The van der Waals surface area contributed by atoms with E-state index < -0.39 is 6.04 Å². The van der Waals surface area contributed by atoms with Gasteiger partial charge in [0.15, 0.2) is 0 Å². The van der Waals surface area contributed by atoms with Crippen LogP contribution in [-0.4, -0.2) is 20.9 Å². The molecule has 2 rings (SSSR count). The van der Waals surface area contributed by atoms with Gasteiger partial charge in [-0.15, -0.1) is 0 Å². The molecule has 1 atom stereocenters. The highest BCUT2D eigenvalue weighted by Crippen LogP contribution is 2.25. The maximum atomic E-state index is 12.5. The summed E-state index contributed by atoms with van der Waals surface area (Å²) in [6.07, 6.45) is 0. The molecule has 2 aromatic rings. The Bertz CT molecular complexity index is 748. The average molecular weight is 365 g/mol. The van der Waals surface area contributed by atoms with Gasteiger partial charge in [0.25, 0.3) is 5.91 Å². The average Bonchev–Trinajstić information content (AvgIpc) is 2.86. The van der Waals surface area contributed by atoms with Gasteiger partial charge < -0.3 is 10.5 Å². The number of carbonyl (C=O) groups is 1. The van der Waals surface area contributed by atoms with E-state index in [1.807, 2.05) is 12.1 Å². The molecule has 6 nitrogen and oxygen atoms in total. The zero-order valence-electron chi connectivity index (χ0n) is 15.2. The van der Waals surface area contributed by atoms with Crippen LogP contribution in [0, 0.1) is 0 Å². The molecule has 0 aliphatic heterocycles. The quantitative estimate of drug-likeness (QED) is 0.711. The topological polar surface area (TPSA) is 79.2 Å². The van der Waals surface area contributed by atoms with Gasteiger partial charge >= 0.3 is 0 Å². The molecule has 1 heterocycles. The summed E-state index contributed by atoms with van der Waals surface area (Å²) in [5, 5.41) is 16.3. The molecule has 0 bridgehead atoms. The fourth-order valence-corrected chi connectivity index (χ4v) is 2.90. The van der Waals surface area contributed by atoms with Crippen molar-refractivity contribution in [2.45, 2.75) is 45.7 Å². The lowest BCUT2D eigenvalue weighted by Crippen LogP contribution is -2.25. The van der Waals surface area contributed by atoms with Gasteiger partial charge in [-0.3, -0.25) is 9.48 Å². The number of aryl methyl sites for hydroxylation is 1. The van der Waals surface area contributed by atoms with Gasteiger partial charge in [0.1, 0.15) is 11.4 Å². The predicted molar refractivity (Wildman–Crippen MR) is 97.9 cm³/mol. The number of hydroxylamine groups is 1. The molecule has 0 radical (unpaired) electrons. The molecule has 0 aliphatic carbocycles. The van der Waals surface area contributed by atoms with Crippen LogP contribution in [0.3, 0.4) is 0 Å². The third-order valence-electron chi connectivity index (χ3n) is 4.11.